The van der Waals surface area contributed by atoms with Gasteiger partial charge in [-0.25, -0.2) is 4.79 Å². The van der Waals surface area contributed by atoms with Crippen LogP contribution in [0.15, 0.2) is 14.8 Å². The maximum absolute atomic E-state index is 13.1. The molecule has 27 heavy (non-hydrogen) atoms. The predicted octanol–water partition coefficient (Wildman–Crippen LogP) is 3.93. The van der Waals surface area contributed by atoms with Crippen molar-refractivity contribution in [2.24, 2.45) is 17.0 Å². The molecule has 0 saturated heterocycles. The molecular formula is C20H32N4O3. The third-order valence-electron chi connectivity index (χ3n) is 6.37. The van der Waals surface area contributed by atoms with Gasteiger partial charge in [-0.15, -0.1) is 4.91 Å². The summed E-state index contributed by atoms with van der Waals surface area (Å²) >= 11 is 0. The Bertz CT molecular complexity index is 752. The van der Waals surface area contributed by atoms with Gasteiger partial charge in [-0.1, -0.05) is 51.4 Å². The molecule has 1 aromatic rings. The molecule has 1 heterocycles. The van der Waals surface area contributed by atoms with Gasteiger partial charge < -0.3 is 5.73 Å². The first-order valence-corrected chi connectivity index (χ1v) is 10.6. The van der Waals surface area contributed by atoms with Crippen LogP contribution >= 0.6 is 0 Å². The summed E-state index contributed by atoms with van der Waals surface area (Å²) in [4.78, 5) is 37.1. The number of hydrogen-bond donors (Lipinski definition) is 1. The Morgan fingerprint density at radius 2 is 1.22 bits per heavy atom. The molecule has 2 saturated carbocycles. The SMILES string of the molecule is Nc1c(N=O)c(=O)n(CC2CCCCCC2)c(=O)n1CC1CCCCCC1. The lowest BCUT2D eigenvalue weighted by Gasteiger charge is -2.21. The summed E-state index contributed by atoms with van der Waals surface area (Å²) < 4.78 is 2.66. The number of anilines is 1. The van der Waals surface area contributed by atoms with Crippen LogP contribution in [0.3, 0.4) is 0 Å². The Kier molecular flexibility index (Phi) is 6.85. The van der Waals surface area contributed by atoms with E-state index in [-0.39, 0.29) is 17.2 Å². The van der Waals surface area contributed by atoms with Crippen molar-refractivity contribution < 1.29 is 0 Å². The molecule has 2 aliphatic rings. The molecule has 0 unspecified atom stereocenters. The van der Waals surface area contributed by atoms with Gasteiger partial charge in [0.2, 0.25) is 5.69 Å². The van der Waals surface area contributed by atoms with Gasteiger partial charge >= 0.3 is 5.69 Å². The van der Waals surface area contributed by atoms with E-state index in [0.717, 1.165) is 51.4 Å². The summed E-state index contributed by atoms with van der Waals surface area (Å²) in [6, 6.07) is 0. The summed E-state index contributed by atoms with van der Waals surface area (Å²) in [5.74, 6) is 0.588. The first kappa shape index (κ1) is 19.8. The van der Waals surface area contributed by atoms with Crippen LogP contribution in [0, 0.1) is 16.7 Å². The van der Waals surface area contributed by atoms with Gasteiger partial charge in [0.1, 0.15) is 5.82 Å². The number of hydrogen-bond acceptors (Lipinski definition) is 5. The minimum absolute atomic E-state index is 0.0682. The van der Waals surface area contributed by atoms with Crippen molar-refractivity contribution in [3.63, 3.8) is 0 Å². The highest BCUT2D eigenvalue weighted by Gasteiger charge is 2.23. The molecule has 0 atom stereocenters. The lowest BCUT2D eigenvalue weighted by molar-refractivity contribution is 0.354. The van der Waals surface area contributed by atoms with Crippen LogP contribution in [-0.2, 0) is 13.1 Å². The van der Waals surface area contributed by atoms with Gasteiger partial charge in [0.25, 0.3) is 5.56 Å². The van der Waals surface area contributed by atoms with Gasteiger partial charge in [0.15, 0.2) is 0 Å². The van der Waals surface area contributed by atoms with Crippen molar-refractivity contribution in [1.29, 1.82) is 0 Å². The number of nitrogens with two attached hydrogens (primary N) is 1. The van der Waals surface area contributed by atoms with E-state index in [1.165, 1.54) is 34.8 Å². The Morgan fingerprint density at radius 1 is 0.778 bits per heavy atom. The van der Waals surface area contributed by atoms with Gasteiger partial charge in [-0.2, -0.15) is 0 Å². The second kappa shape index (κ2) is 9.33. The molecule has 2 N–H and O–H groups in total. The lowest BCUT2D eigenvalue weighted by Crippen LogP contribution is -2.43. The molecule has 2 aliphatic carbocycles. The maximum atomic E-state index is 13.1. The topological polar surface area (TPSA) is 99.4 Å². The third kappa shape index (κ3) is 4.68. The molecule has 150 valence electrons. The molecule has 7 heteroatoms. The number of nitrogen functional groups attached to an aromatic ring is 1. The van der Waals surface area contributed by atoms with E-state index in [0.29, 0.717) is 24.9 Å². The first-order valence-electron chi connectivity index (χ1n) is 10.6. The van der Waals surface area contributed by atoms with Gasteiger partial charge in [0, 0.05) is 13.1 Å². The van der Waals surface area contributed by atoms with Crippen LogP contribution in [0.25, 0.3) is 0 Å². The van der Waals surface area contributed by atoms with Crippen LogP contribution in [0.2, 0.25) is 0 Å². The molecule has 0 aromatic carbocycles. The fourth-order valence-corrected chi connectivity index (χ4v) is 4.73. The van der Waals surface area contributed by atoms with Crippen LogP contribution in [0.4, 0.5) is 11.5 Å². The highest BCUT2D eigenvalue weighted by atomic mass is 16.3. The fourth-order valence-electron chi connectivity index (χ4n) is 4.73. The van der Waals surface area contributed by atoms with Crippen molar-refractivity contribution in [1.82, 2.24) is 9.13 Å². The number of aromatic nitrogens is 2. The average molecular weight is 377 g/mol. The van der Waals surface area contributed by atoms with E-state index in [9.17, 15) is 14.5 Å². The molecule has 0 bridgehead atoms. The highest BCUT2D eigenvalue weighted by Crippen LogP contribution is 2.26. The smallest absolute Gasteiger partial charge is 0.332 e. The molecule has 0 aliphatic heterocycles. The van der Waals surface area contributed by atoms with Crippen LogP contribution in [0.5, 0.6) is 0 Å². The van der Waals surface area contributed by atoms with E-state index in [4.69, 9.17) is 5.73 Å². The second-order valence-corrected chi connectivity index (χ2v) is 8.35. The van der Waals surface area contributed by atoms with E-state index in [1.807, 2.05) is 0 Å². The summed E-state index contributed by atoms with van der Waals surface area (Å²) in [7, 11) is 0. The lowest BCUT2D eigenvalue weighted by atomic mass is 10.00. The number of rotatable bonds is 5. The largest absolute Gasteiger partial charge is 0.383 e. The Labute approximate surface area is 159 Å². The zero-order valence-electron chi connectivity index (χ0n) is 16.2. The van der Waals surface area contributed by atoms with Crippen molar-refractivity contribution >= 4 is 11.5 Å². The minimum Gasteiger partial charge on any atom is -0.383 e. The van der Waals surface area contributed by atoms with Crippen molar-refractivity contribution in [2.45, 2.75) is 90.1 Å². The van der Waals surface area contributed by atoms with Crippen molar-refractivity contribution in [3.8, 4) is 0 Å². The summed E-state index contributed by atoms with van der Waals surface area (Å²) in [6.07, 6.45) is 13.6. The standard InChI is InChI=1S/C20H32N4O3/c21-18-17(22-27)19(25)24(14-16-11-7-3-4-8-12-16)20(26)23(18)13-15-9-5-1-2-6-10-15/h15-16H,1-14,21H2. The zero-order valence-corrected chi connectivity index (χ0v) is 16.2. The second-order valence-electron chi connectivity index (χ2n) is 8.35. The Balaban J connectivity index is 1.93. The van der Waals surface area contributed by atoms with Gasteiger partial charge in [-0.3, -0.25) is 13.9 Å². The van der Waals surface area contributed by atoms with E-state index in [1.54, 1.807) is 0 Å². The first-order chi connectivity index (χ1) is 13.1. The summed E-state index contributed by atoms with van der Waals surface area (Å²) in [5, 5.41) is 2.89. The minimum atomic E-state index is -0.631. The molecule has 0 radical (unpaired) electrons. The maximum Gasteiger partial charge on any atom is 0.332 e. The van der Waals surface area contributed by atoms with Crippen LogP contribution in [-0.4, -0.2) is 9.13 Å². The van der Waals surface area contributed by atoms with Gasteiger partial charge in [-0.05, 0) is 42.7 Å². The van der Waals surface area contributed by atoms with Crippen molar-refractivity contribution in [2.75, 3.05) is 5.73 Å². The fraction of sp³-hybridized carbons (Fsp3) is 0.800. The molecule has 3 rings (SSSR count). The Morgan fingerprint density at radius 3 is 1.67 bits per heavy atom. The molecular weight excluding hydrogens is 344 g/mol. The molecule has 0 spiro atoms. The highest BCUT2D eigenvalue weighted by molar-refractivity contribution is 5.55. The molecule has 0 amide bonds. The summed E-state index contributed by atoms with van der Waals surface area (Å²) in [6.45, 7) is 0.837. The quantitative estimate of drug-likeness (QED) is 0.621. The molecule has 7 nitrogen and oxygen atoms in total. The predicted molar refractivity (Wildman–Crippen MR) is 107 cm³/mol. The Hall–Kier alpha value is -1.92. The monoisotopic (exact) mass is 376 g/mol. The molecule has 1 aromatic heterocycles. The average Bonchev–Trinajstić information content (AvgIpc) is 3.08. The normalized spacial score (nSPS) is 20.1. The van der Waals surface area contributed by atoms with Crippen LogP contribution < -0.4 is 17.0 Å². The third-order valence-corrected chi connectivity index (χ3v) is 6.37. The van der Waals surface area contributed by atoms with Crippen LogP contribution in [0.1, 0.15) is 77.0 Å². The van der Waals surface area contributed by atoms with E-state index >= 15 is 0 Å². The van der Waals surface area contributed by atoms with E-state index in [2.05, 4.69) is 5.18 Å². The van der Waals surface area contributed by atoms with E-state index < -0.39 is 5.56 Å². The number of nitroso groups, excluding NO2 is 1. The molecule has 2 fully saturated rings. The summed E-state index contributed by atoms with van der Waals surface area (Å²) in [5.41, 5.74) is 4.72. The number of nitrogens with zero attached hydrogens (tertiary/aromatic N) is 3. The zero-order chi connectivity index (χ0) is 19.2. The van der Waals surface area contributed by atoms with Crippen molar-refractivity contribution in [3.05, 3.63) is 25.7 Å². The van der Waals surface area contributed by atoms with Gasteiger partial charge in [0.05, 0.1) is 0 Å².